The van der Waals surface area contributed by atoms with Crippen LogP contribution in [-0.4, -0.2) is 102 Å². The highest BCUT2D eigenvalue weighted by atomic mass is 16.5. The fourth-order valence-corrected chi connectivity index (χ4v) is 8.62. The first-order valence-electron chi connectivity index (χ1n) is 20.9. The minimum Gasteiger partial charge on any atom is -0.467 e. The number of ether oxygens (including phenoxy) is 1. The van der Waals surface area contributed by atoms with Gasteiger partial charge in [0.1, 0.15) is 12.6 Å². The van der Waals surface area contributed by atoms with E-state index in [0.717, 1.165) is 44.1 Å². The Bertz CT molecular complexity index is 1880. The monoisotopic (exact) mass is 789 g/mol. The molecule has 2 aliphatic carbocycles. The van der Waals surface area contributed by atoms with Gasteiger partial charge in [-0.05, 0) is 48.1 Å². The van der Waals surface area contributed by atoms with Crippen molar-refractivity contribution in [2.75, 3.05) is 33.3 Å². The Balaban J connectivity index is 0.982. The van der Waals surface area contributed by atoms with Crippen molar-refractivity contribution in [2.24, 2.45) is 11.8 Å². The van der Waals surface area contributed by atoms with Gasteiger partial charge in [0, 0.05) is 55.5 Å². The van der Waals surface area contributed by atoms with Gasteiger partial charge in [-0.25, -0.2) is 4.79 Å². The number of likely N-dealkylation sites (tertiary alicyclic amines) is 1. The first-order chi connectivity index (χ1) is 28.1. The zero-order valence-corrected chi connectivity index (χ0v) is 33.5. The Morgan fingerprint density at radius 3 is 1.79 bits per heavy atom. The van der Waals surface area contributed by atoms with E-state index in [1.165, 1.54) is 23.1 Å². The lowest BCUT2D eigenvalue weighted by atomic mass is 9.94. The zero-order chi connectivity index (χ0) is 40.8. The molecule has 4 aliphatic rings. The molecule has 0 radical (unpaired) electrons. The molecule has 306 valence electrons. The molecule has 3 aromatic carbocycles. The van der Waals surface area contributed by atoms with Crippen LogP contribution in [0, 0.1) is 11.8 Å². The van der Waals surface area contributed by atoms with E-state index in [1.54, 1.807) is 34.1 Å². The van der Waals surface area contributed by atoms with Crippen molar-refractivity contribution in [3.05, 3.63) is 107 Å². The number of carbonyl (C=O) groups is 6. The Morgan fingerprint density at radius 2 is 1.26 bits per heavy atom. The van der Waals surface area contributed by atoms with Crippen molar-refractivity contribution in [1.82, 2.24) is 25.3 Å². The number of methoxy groups -OCH3 is 1. The third-order valence-electron chi connectivity index (χ3n) is 12.3. The highest BCUT2D eigenvalue weighted by molar-refractivity contribution is 5.97. The normalized spacial score (nSPS) is 24.9. The van der Waals surface area contributed by atoms with Crippen molar-refractivity contribution in [1.29, 1.82) is 0 Å². The predicted molar refractivity (Wildman–Crippen MR) is 217 cm³/mol. The Hall–Kier alpha value is -5.52. The van der Waals surface area contributed by atoms with E-state index in [0.29, 0.717) is 12.0 Å². The number of rotatable bonds is 16. The second-order valence-electron chi connectivity index (χ2n) is 16.4. The molecule has 58 heavy (non-hydrogen) atoms. The maximum atomic E-state index is 14.0. The standard InChI is InChI=1S/C46H55N5O7/c1-3-4-5-6-13-18-41(52)51-29-42(53)49(28-40(51)46(57)58-2)25-30-19-21-33(22-20-30)45(56)50-26-36(43(54)47-38-23-34(38)31-14-9-7-10-15-31)37(27-50)44(55)48-39-24-35(39)32-16-11-8-12-17-32/h7-12,14-17,19-22,34-40H,3-6,13,18,23-29H2,1-2H3,(H,47,54)(H,48,55)/t34-,35-,36-,37-,38+,39+,40-/m1/s1. The number of esters is 1. The molecule has 3 aromatic rings. The van der Waals surface area contributed by atoms with Crippen LogP contribution in [0.25, 0.3) is 0 Å². The summed E-state index contributed by atoms with van der Waals surface area (Å²) in [7, 11) is 1.28. The quantitative estimate of drug-likeness (QED) is 0.157. The van der Waals surface area contributed by atoms with Gasteiger partial charge in [-0.1, -0.05) is 105 Å². The molecule has 0 aromatic heterocycles. The summed E-state index contributed by atoms with van der Waals surface area (Å²) in [6, 6.07) is 26.1. The number of nitrogens with zero attached hydrogens (tertiary/aromatic N) is 3. The van der Waals surface area contributed by atoms with Gasteiger partial charge >= 0.3 is 5.97 Å². The van der Waals surface area contributed by atoms with Crippen molar-refractivity contribution < 1.29 is 33.5 Å². The van der Waals surface area contributed by atoms with E-state index in [2.05, 4.69) is 41.8 Å². The minimum absolute atomic E-state index is 0.00828. The van der Waals surface area contributed by atoms with E-state index in [9.17, 15) is 28.8 Å². The Kier molecular flexibility index (Phi) is 12.9. The van der Waals surface area contributed by atoms with Gasteiger partial charge in [-0.3, -0.25) is 24.0 Å². The average molecular weight is 790 g/mol. The first kappa shape index (κ1) is 40.7. The number of hydrogen-bond donors (Lipinski definition) is 2. The molecular formula is C46H55N5O7. The molecule has 2 saturated carbocycles. The van der Waals surface area contributed by atoms with Gasteiger partial charge in [0.25, 0.3) is 5.91 Å². The maximum absolute atomic E-state index is 14.0. The van der Waals surface area contributed by atoms with E-state index in [4.69, 9.17) is 4.74 Å². The molecule has 2 aliphatic heterocycles. The van der Waals surface area contributed by atoms with Crippen LogP contribution in [0.5, 0.6) is 0 Å². The summed E-state index contributed by atoms with van der Waals surface area (Å²) in [6.07, 6.45) is 6.81. The molecule has 4 fully saturated rings. The summed E-state index contributed by atoms with van der Waals surface area (Å²) in [6.45, 7) is 2.35. The molecule has 2 saturated heterocycles. The Morgan fingerprint density at radius 1 is 0.707 bits per heavy atom. The number of carbonyl (C=O) groups excluding carboxylic acids is 6. The Labute approximate surface area is 340 Å². The number of hydrogen-bond acceptors (Lipinski definition) is 7. The van der Waals surface area contributed by atoms with Crippen molar-refractivity contribution in [2.45, 2.75) is 94.8 Å². The van der Waals surface area contributed by atoms with Crippen LogP contribution in [0.2, 0.25) is 0 Å². The predicted octanol–water partition coefficient (Wildman–Crippen LogP) is 4.79. The third-order valence-corrected chi connectivity index (χ3v) is 12.3. The van der Waals surface area contributed by atoms with Crippen LogP contribution >= 0.6 is 0 Å². The van der Waals surface area contributed by atoms with Gasteiger partial charge < -0.3 is 30.1 Å². The van der Waals surface area contributed by atoms with E-state index in [1.807, 2.05) is 36.4 Å². The van der Waals surface area contributed by atoms with Gasteiger partial charge in [-0.2, -0.15) is 0 Å². The number of unbranched alkanes of at least 4 members (excludes halogenated alkanes) is 4. The molecule has 2 heterocycles. The summed E-state index contributed by atoms with van der Waals surface area (Å²) in [4.78, 5) is 85.3. The summed E-state index contributed by atoms with van der Waals surface area (Å²) in [5, 5.41) is 6.36. The lowest BCUT2D eigenvalue weighted by molar-refractivity contribution is -0.161. The van der Waals surface area contributed by atoms with Crippen molar-refractivity contribution in [3.8, 4) is 0 Å². The van der Waals surface area contributed by atoms with Crippen LogP contribution in [0.3, 0.4) is 0 Å². The third kappa shape index (κ3) is 9.60. The maximum Gasteiger partial charge on any atom is 0.330 e. The van der Waals surface area contributed by atoms with Crippen LogP contribution in [0.15, 0.2) is 84.9 Å². The summed E-state index contributed by atoms with van der Waals surface area (Å²) >= 11 is 0. The number of amides is 5. The number of nitrogens with one attached hydrogen (secondary N) is 2. The molecule has 12 heteroatoms. The van der Waals surface area contributed by atoms with Crippen LogP contribution in [0.4, 0.5) is 0 Å². The molecule has 12 nitrogen and oxygen atoms in total. The van der Waals surface area contributed by atoms with E-state index in [-0.39, 0.29) is 92.6 Å². The molecular weight excluding hydrogens is 735 g/mol. The van der Waals surface area contributed by atoms with Gasteiger partial charge in [0.15, 0.2) is 0 Å². The zero-order valence-electron chi connectivity index (χ0n) is 33.5. The average Bonchev–Trinajstić information content (AvgIpc) is 4.16. The van der Waals surface area contributed by atoms with Crippen LogP contribution in [-0.2, 0) is 35.3 Å². The minimum atomic E-state index is -0.898. The van der Waals surface area contributed by atoms with Crippen molar-refractivity contribution in [3.63, 3.8) is 0 Å². The molecule has 0 spiro atoms. The topological polar surface area (TPSA) is 145 Å². The summed E-state index contributed by atoms with van der Waals surface area (Å²) < 4.78 is 5.02. The van der Waals surface area contributed by atoms with E-state index >= 15 is 0 Å². The summed E-state index contributed by atoms with van der Waals surface area (Å²) in [5.41, 5.74) is 3.48. The number of benzene rings is 3. The lowest BCUT2D eigenvalue weighted by Crippen LogP contribution is -2.60. The molecule has 0 bridgehead atoms. The highest BCUT2D eigenvalue weighted by Gasteiger charge is 2.49. The molecule has 0 unspecified atom stereocenters. The van der Waals surface area contributed by atoms with Crippen LogP contribution in [0.1, 0.15) is 97.2 Å². The fraction of sp³-hybridized carbons (Fsp3) is 0.478. The van der Waals surface area contributed by atoms with E-state index < -0.39 is 23.8 Å². The van der Waals surface area contributed by atoms with Crippen molar-refractivity contribution >= 4 is 35.5 Å². The largest absolute Gasteiger partial charge is 0.467 e. The molecule has 7 rings (SSSR count). The second-order valence-corrected chi connectivity index (χ2v) is 16.4. The molecule has 5 amide bonds. The fourth-order valence-electron chi connectivity index (χ4n) is 8.62. The first-order valence-corrected chi connectivity index (χ1v) is 20.9. The molecule has 2 N–H and O–H groups in total. The summed E-state index contributed by atoms with van der Waals surface area (Å²) in [5.74, 6) is -2.72. The highest BCUT2D eigenvalue weighted by Crippen LogP contribution is 2.42. The number of piperazine rings is 1. The molecule has 7 atom stereocenters. The van der Waals surface area contributed by atoms with Gasteiger partial charge in [0.2, 0.25) is 23.6 Å². The SMILES string of the molecule is CCCCCCCC(=O)N1CC(=O)N(Cc2ccc(C(=O)N3C[C@@H](C(=O)N[C@H]4C[C@@H]4c4ccccc4)[C@H](C(=O)N[C@H]4C[C@@H]4c4ccccc4)C3)cc2)C[C@@H]1C(=O)OC. The van der Waals surface area contributed by atoms with Gasteiger partial charge in [-0.15, -0.1) is 0 Å². The smallest absolute Gasteiger partial charge is 0.330 e. The lowest BCUT2D eigenvalue weighted by Gasteiger charge is -2.39. The second kappa shape index (κ2) is 18.4. The van der Waals surface area contributed by atoms with Gasteiger partial charge in [0.05, 0.1) is 25.5 Å². The van der Waals surface area contributed by atoms with Crippen LogP contribution < -0.4 is 10.6 Å².